The first-order chi connectivity index (χ1) is 10.1. The molecule has 0 aliphatic heterocycles. The molecule has 3 rings (SSSR count). The number of rotatable bonds is 2. The van der Waals surface area contributed by atoms with Crippen LogP contribution < -0.4 is 5.32 Å². The van der Waals surface area contributed by atoms with Crippen molar-refractivity contribution < 1.29 is 4.79 Å². The Labute approximate surface area is 135 Å². The van der Waals surface area contributed by atoms with Crippen LogP contribution in [0.15, 0.2) is 65.1 Å². The lowest BCUT2D eigenvalue weighted by Crippen LogP contribution is -2.11. The summed E-state index contributed by atoms with van der Waals surface area (Å²) in [4.78, 5) is 12.3. The fourth-order valence-electron chi connectivity index (χ4n) is 2.09. The smallest absolute Gasteiger partial charge is 0.255 e. The highest BCUT2D eigenvalue weighted by Crippen LogP contribution is 2.22. The van der Waals surface area contributed by atoms with E-state index in [4.69, 9.17) is 11.6 Å². The summed E-state index contributed by atoms with van der Waals surface area (Å²) >= 11 is 9.27. The maximum atomic E-state index is 12.3. The average Bonchev–Trinajstić information content (AvgIpc) is 2.49. The van der Waals surface area contributed by atoms with Crippen molar-refractivity contribution in [2.24, 2.45) is 0 Å². The van der Waals surface area contributed by atoms with Crippen LogP contribution in [-0.2, 0) is 0 Å². The fourth-order valence-corrected chi connectivity index (χ4v) is 2.60. The van der Waals surface area contributed by atoms with Gasteiger partial charge >= 0.3 is 0 Å². The van der Waals surface area contributed by atoms with E-state index < -0.39 is 0 Å². The second kappa shape index (κ2) is 5.88. The average molecular weight is 361 g/mol. The number of fused-ring (bicyclic) bond motifs is 1. The van der Waals surface area contributed by atoms with Gasteiger partial charge < -0.3 is 5.32 Å². The summed E-state index contributed by atoms with van der Waals surface area (Å²) in [5.41, 5.74) is 1.35. The zero-order chi connectivity index (χ0) is 14.8. The fraction of sp³-hybridized carbons (Fsp3) is 0. The molecule has 0 bridgehead atoms. The van der Waals surface area contributed by atoms with Crippen LogP contribution in [0.2, 0.25) is 5.02 Å². The third-order valence-corrected chi connectivity index (χ3v) is 3.91. The van der Waals surface area contributed by atoms with Crippen LogP contribution in [0.4, 0.5) is 5.69 Å². The highest BCUT2D eigenvalue weighted by atomic mass is 79.9. The molecule has 2 nitrogen and oxygen atoms in total. The first kappa shape index (κ1) is 14.1. The van der Waals surface area contributed by atoms with Gasteiger partial charge in [-0.25, -0.2) is 0 Å². The standard InChI is InChI=1S/C17H11BrClNO/c18-14-4-3-11-9-13(2-1-12(11)10-14)17(21)20-16-7-5-15(19)6-8-16/h1-10H,(H,20,21). The van der Waals surface area contributed by atoms with Crippen molar-refractivity contribution in [3.63, 3.8) is 0 Å². The Kier molecular flexibility index (Phi) is 3.95. The van der Waals surface area contributed by atoms with Gasteiger partial charge in [0.2, 0.25) is 0 Å². The molecule has 104 valence electrons. The lowest BCUT2D eigenvalue weighted by molar-refractivity contribution is 0.102. The zero-order valence-electron chi connectivity index (χ0n) is 10.9. The summed E-state index contributed by atoms with van der Waals surface area (Å²) in [6, 6.07) is 18.7. The van der Waals surface area contributed by atoms with E-state index >= 15 is 0 Å². The van der Waals surface area contributed by atoms with Crippen LogP contribution in [0.3, 0.4) is 0 Å². The van der Waals surface area contributed by atoms with Gasteiger partial charge in [0, 0.05) is 20.7 Å². The van der Waals surface area contributed by atoms with E-state index in [-0.39, 0.29) is 5.91 Å². The molecule has 0 aliphatic rings. The summed E-state index contributed by atoms with van der Waals surface area (Å²) in [5.74, 6) is -0.137. The number of benzene rings is 3. The summed E-state index contributed by atoms with van der Waals surface area (Å²) < 4.78 is 1.02. The van der Waals surface area contributed by atoms with E-state index in [0.29, 0.717) is 10.6 Å². The number of nitrogens with one attached hydrogen (secondary N) is 1. The third kappa shape index (κ3) is 3.26. The van der Waals surface area contributed by atoms with E-state index in [0.717, 1.165) is 20.9 Å². The molecule has 3 aromatic rings. The van der Waals surface area contributed by atoms with Gasteiger partial charge in [0.15, 0.2) is 0 Å². The Morgan fingerprint density at radius 2 is 1.57 bits per heavy atom. The number of carbonyl (C=O) groups excluding carboxylic acids is 1. The summed E-state index contributed by atoms with van der Waals surface area (Å²) in [6.45, 7) is 0. The molecule has 0 spiro atoms. The Morgan fingerprint density at radius 1 is 0.905 bits per heavy atom. The Balaban J connectivity index is 1.87. The number of amides is 1. The molecule has 0 aromatic heterocycles. The zero-order valence-corrected chi connectivity index (χ0v) is 13.3. The molecule has 3 aromatic carbocycles. The van der Waals surface area contributed by atoms with Crippen LogP contribution in [0.1, 0.15) is 10.4 Å². The van der Waals surface area contributed by atoms with Gasteiger partial charge in [0.1, 0.15) is 0 Å². The van der Waals surface area contributed by atoms with Crippen molar-refractivity contribution in [1.82, 2.24) is 0 Å². The Bertz CT molecular complexity index is 815. The van der Waals surface area contributed by atoms with Gasteiger partial charge in [-0.05, 0) is 59.3 Å². The minimum Gasteiger partial charge on any atom is -0.322 e. The highest BCUT2D eigenvalue weighted by Gasteiger charge is 2.07. The SMILES string of the molecule is O=C(Nc1ccc(Cl)cc1)c1ccc2cc(Br)ccc2c1. The van der Waals surface area contributed by atoms with E-state index in [9.17, 15) is 4.79 Å². The normalized spacial score (nSPS) is 10.6. The van der Waals surface area contributed by atoms with E-state index in [1.807, 2.05) is 36.4 Å². The number of carbonyl (C=O) groups is 1. The summed E-state index contributed by atoms with van der Waals surface area (Å²) in [7, 11) is 0. The van der Waals surface area contributed by atoms with Crippen molar-refractivity contribution in [3.8, 4) is 0 Å². The molecule has 21 heavy (non-hydrogen) atoms. The topological polar surface area (TPSA) is 29.1 Å². The molecule has 0 fully saturated rings. The lowest BCUT2D eigenvalue weighted by atomic mass is 10.1. The minimum atomic E-state index is -0.137. The minimum absolute atomic E-state index is 0.137. The molecule has 0 heterocycles. The number of hydrogen-bond donors (Lipinski definition) is 1. The predicted octanol–water partition coefficient (Wildman–Crippen LogP) is 5.51. The molecule has 0 saturated heterocycles. The molecular weight excluding hydrogens is 350 g/mol. The Morgan fingerprint density at radius 3 is 2.33 bits per heavy atom. The van der Waals surface area contributed by atoms with Crippen molar-refractivity contribution in [2.45, 2.75) is 0 Å². The second-order valence-corrected chi connectivity index (χ2v) is 6.02. The summed E-state index contributed by atoms with van der Waals surface area (Å²) in [6.07, 6.45) is 0. The first-order valence-electron chi connectivity index (χ1n) is 6.38. The first-order valence-corrected chi connectivity index (χ1v) is 7.55. The van der Waals surface area contributed by atoms with Crippen LogP contribution in [0.5, 0.6) is 0 Å². The molecule has 0 unspecified atom stereocenters. The van der Waals surface area contributed by atoms with Crippen LogP contribution in [0, 0.1) is 0 Å². The Hall–Kier alpha value is -1.84. The van der Waals surface area contributed by atoms with E-state index in [1.165, 1.54) is 0 Å². The van der Waals surface area contributed by atoms with E-state index in [2.05, 4.69) is 21.2 Å². The van der Waals surface area contributed by atoms with Crippen molar-refractivity contribution in [2.75, 3.05) is 5.32 Å². The van der Waals surface area contributed by atoms with Crippen molar-refractivity contribution >= 4 is 49.9 Å². The predicted molar refractivity (Wildman–Crippen MR) is 91.1 cm³/mol. The van der Waals surface area contributed by atoms with Gasteiger partial charge in [-0.15, -0.1) is 0 Å². The monoisotopic (exact) mass is 359 g/mol. The molecule has 0 saturated carbocycles. The molecule has 0 aliphatic carbocycles. The maximum absolute atomic E-state index is 12.3. The number of anilines is 1. The van der Waals surface area contributed by atoms with Crippen LogP contribution in [0.25, 0.3) is 10.8 Å². The quantitative estimate of drug-likeness (QED) is 0.641. The number of hydrogen-bond acceptors (Lipinski definition) is 1. The lowest BCUT2D eigenvalue weighted by Gasteiger charge is -2.07. The molecule has 4 heteroatoms. The van der Waals surface area contributed by atoms with Crippen molar-refractivity contribution in [1.29, 1.82) is 0 Å². The second-order valence-electron chi connectivity index (χ2n) is 4.67. The van der Waals surface area contributed by atoms with Crippen LogP contribution >= 0.6 is 27.5 Å². The molecular formula is C17H11BrClNO. The maximum Gasteiger partial charge on any atom is 0.255 e. The van der Waals surface area contributed by atoms with Gasteiger partial charge in [-0.3, -0.25) is 4.79 Å². The third-order valence-electron chi connectivity index (χ3n) is 3.17. The molecule has 0 radical (unpaired) electrons. The van der Waals surface area contributed by atoms with E-state index in [1.54, 1.807) is 24.3 Å². The van der Waals surface area contributed by atoms with Gasteiger partial charge in [-0.1, -0.05) is 39.7 Å². The highest BCUT2D eigenvalue weighted by molar-refractivity contribution is 9.10. The van der Waals surface area contributed by atoms with Gasteiger partial charge in [0.05, 0.1) is 0 Å². The van der Waals surface area contributed by atoms with Gasteiger partial charge in [0.25, 0.3) is 5.91 Å². The van der Waals surface area contributed by atoms with Crippen molar-refractivity contribution in [3.05, 3.63) is 75.7 Å². The largest absolute Gasteiger partial charge is 0.322 e. The summed E-state index contributed by atoms with van der Waals surface area (Å²) in [5, 5.41) is 5.62. The molecule has 1 N–H and O–H groups in total. The molecule has 1 amide bonds. The number of halogens is 2. The molecule has 0 atom stereocenters. The van der Waals surface area contributed by atoms with Crippen LogP contribution in [-0.4, -0.2) is 5.91 Å². The van der Waals surface area contributed by atoms with Gasteiger partial charge in [-0.2, -0.15) is 0 Å².